The van der Waals surface area contributed by atoms with Gasteiger partial charge in [0.1, 0.15) is 5.82 Å². The highest BCUT2D eigenvalue weighted by molar-refractivity contribution is 5.93. The summed E-state index contributed by atoms with van der Waals surface area (Å²) < 4.78 is 0. The first-order chi connectivity index (χ1) is 8.27. The Balaban J connectivity index is 2.75. The fourth-order valence-electron chi connectivity index (χ4n) is 1.52. The summed E-state index contributed by atoms with van der Waals surface area (Å²) in [5, 5.41) is 18.3. The summed E-state index contributed by atoms with van der Waals surface area (Å²) in [6.45, 7) is 6.98. The molecule has 0 bridgehead atoms. The van der Waals surface area contributed by atoms with E-state index in [1.807, 2.05) is 0 Å². The third kappa shape index (κ3) is 2.88. The maximum atomic E-state index is 11.9. The van der Waals surface area contributed by atoms with Crippen molar-refractivity contribution in [1.82, 2.24) is 10.2 Å². The Morgan fingerprint density at radius 2 is 2.17 bits per heavy atom. The van der Waals surface area contributed by atoms with Crippen LogP contribution in [0.2, 0.25) is 0 Å². The van der Waals surface area contributed by atoms with Crippen LogP contribution in [0.1, 0.15) is 32.8 Å². The number of rotatable bonds is 5. The van der Waals surface area contributed by atoms with Crippen LogP contribution in [0.25, 0.3) is 0 Å². The quantitative estimate of drug-likeness (QED) is 0.745. The molecule has 0 saturated carbocycles. The third-order valence-electron chi connectivity index (χ3n) is 3.38. The average Bonchev–Trinajstić information content (AvgIpc) is 2.63. The lowest BCUT2D eigenvalue weighted by Gasteiger charge is -2.28. The molecule has 0 saturated heterocycles. The Kier molecular flexibility index (Phi) is 4.11. The van der Waals surface area contributed by atoms with Crippen LogP contribution in [0, 0.1) is 18.3 Å². The van der Waals surface area contributed by atoms with Crippen LogP contribution >= 0.6 is 0 Å². The molecule has 6 nitrogen and oxygen atoms in total. The topological polar surface area (TPSA) is 95.1 Å². The van der Waals surface area contributed by atoms with E-state index in [-0.39, 0.29) is 18.2 Å². The molecule has 0 aromatic carbocycles. The van der Waals surface area contributed by atoms with Crippen molar-refractivity contribution in [3.8, 4) is 0 Å². The first kappa shape index (κ1) is 14.2. The van der Waals surface area contributed by atoms with Gasteiger partial charge in [-0.15, -0.1) is 0 Å². The molecular weight excluding hydrogens is 234 g/mol. The van der Waals surface area contributed by atoms with E-state index in [9.17, 15) is 14.7 Å². The number of aromatic amines is 1. The number of carboxylic acid groups (broad SMARTS) is 1. The summed E-state index contributed by atoms with van der Waals surface area (Å²) in [6.07, 6.45) is 1.52. The summed E-state index contributed by atoms with van der Waals surface area (Å²) in [5.74, 6) is -0.921. The van der Waals surface area contributed by atoms with E-state index in [1.165, 1.54) is 0 Å². The molecule has 0 aliphatic carbocycles. The summed E-state index contributed by atoms with van der Waals surface area (Å²) >= 11 is 0. The van der Waals surface area contributed by atoms with E-state index >= 15 is 0 Å². The molecule has 6 heteroatoms. The Morgan fingerprint density at radius 3 is 2.56 bits per heavy atom. The minimum Gasteiger partial charge on any atom is -0.481 e. The highest BCUT2D eigenvalue weighted by Gasteiger charge is 2.38. The van der Waals surface area contributed by atoms with E-state index in [0.29, 0.717) is 5.82 Å². The average molecular weight is 253 g/mol. The van der Waals surface area contributed by atoms with Crippen molar-refractivity contribution in [1.29, 1.82) is 0 Å². The van der Waals surface area contributed by atoms with E-state index in [1.54, 1.807) is 33.9 Å². The number of hydrogen-bond donors (Lipinski definition) is 3. The first-order valence-corrected chi connectivity index (χ1v) is 5.80. The van der Waals surface area contributed by atoms with Crippen LogP contribution in [0.3, 0.4) is 0 Å². The number of anilines is 1. The largest absolute Gasteiger partial charge is 0.481 e. The normalized spacial score (nSPS) is 14.3. The Bertz CT molecular complexity index is 453. The van der Waals surface area contributed by atoms with E-state index in [4.69, 9.17) is 0 Å². The fourth-order valence-corrected chi connectivity index (χ4v) is 1.52. The zero-order valence-corrected chi connectivity index (χ0v) is 11.1. The van der Waals surface area contributed by atoms with Crippen molar-refractivity contribution in [3.63, 3.8) is 0 Å². The zero-order valence-electron chi connectivity index (χ0n) is 11.1. The molecule has 1 amide bonds. The van der Waals surface area contributed by atoms with Crippen LogP contribution in [-0.2, 0) is 9.59 Å². The van der Waals surface area contributed by atoms with Gasteiger partial charge in [-0.2, -0.15) is 5.10 Å². The van der Waals surface area contributed by atoms with Crippen LogP contribution in [0.4, 0.5) is 5.82 Å². The molecule has 0 aliphatic rings. The number of aliphatic carboxylic acids is 1. The standard InChI is InChI=1S/C12H19N3O3/c1-7(2)12(4,11(17)18)5-9(16)14-10-8(3)6-13-15-10/h6-7H,5H2,1-4H3,(H,17,18)(H2,13,14,15,16). The van der Waals surface area contributed by atoms with E-state index < -0.39 is 11.4 Å². The highest BCUT2D eigenvalue weighted by Crippen LogP contribution is 2.31. The van der Waals surface area contributed by atoms with Gasteiger partial charge in [-0.05, 0) is 19.8 Å². The van der Waals surface area contributed by atoms with Gasteiger partial charge in [-0.1, -0.05) is 13.8 Å². The second-order valence-corrected chi connectivity index (χ2v) is 5.03. The third-order valence-corrected chi connectivity index (χ3v) is 3.38. The number of aryl methyl sites for hydroxylation is 1. The second kappa shape index (κ2) is 5.20. The fraction of sp³-hybridized carbons (Fsp3) is 0.583. The maximum Gasteiger partial charge on any atom is 0.310 e. The van der Waals surface area contributed by atoms with Gasteiger partial charge < -0.3 is 10.4 Å². The van der Waals surface area contributed by atoms with Crippen molar-refractivity contribution < 1.29 is 14.7 Å². The molecule has 1 aromatic heterocycles. The number of carbonyl (C=O) groups excluding carboxylic acids is 1. The summed E-state index contributed by atoms with van der Waals surface area (Å²) in [6, 6.07) is 0. The molecule has 1 aromatic rings. The molecule has 0 radical (unpaired) electrons. The first-order valence-electron chi connectivity index (χ1n) is 5.80. The minimum absolute atomic E-state index is 0.0710. The number of H-pyrrole nitrogens is 1. The molecule has 100 valence electrons. The molecular formula is C12H19N3O3. The Morgan fingerprint density at radius 1 is 1.56 bits per heavy atom. The number of hydrogen-bond acceptors (Lipinski definition) is 3. The Hall–Kier alpha value is -1.85. The van der Waals surface area contributed by atoms with Crippen molar-refractivity contribution in [2.24, 2.45) is 11.3 Å². The predicted molar refractivity (Wildman–Crippen MR) is 67.2 cm³/mol. The van der Waals surface area contributed by atoms with Crippen molar-refractivity contribution in [2.75, 3.05) is 5.32 Å². The van der Waals surface area contributed by atoms with Crippen LogP contribution < -0.4 is 5.32 Å². The summed E-state index contributed by atoms with van der Waals surface area (Å²) in [7, 11) is 0. The second-order valence-electron chi connectivity index (χ2n) is 5.03. The molecule has 18 heavy (non-hydrogen) atoms. The molecule has 0 aliphatic heterocycles. The SMILES string of the molecule is Cc1cn[nH]c1NC(=O)CC(C)(C(=O)O)C(C)C. The smallest absolute Gasteiger partial charge is 0.310 e. The Labute approximate surface area is 106 Å². The molecule has 3 N–H and O–H groups in total. The molecule has 0 spiro atoms. The van der Waals surface area contributed by atoms with Crippen LogP contribution in [0.5, 0.6) is 0 Å². The molecule has 1 rings (SSSR count). The van der Waals surface area contributed by atoms with Gasteiger partial charge in [0.15, 0.2) is 0 Å². The van der Waals surface area contributed by atoms with Gasteiger partial charge in [0.25, 0.3) is 0 Å². The summed E-state index contributed by atoms with van der Waals surface area (Å²) in [5.41, 5.74) is -0.261. The molecule has 1 heterocycles. The lowest BCUT2D eigenvalue weighted by Crippen LogP contribution is -2.37. The lowest BCUT2D eigenvalue weighted by molar-refractivity contribution is -0.153. The van der Waals surface area contributed by atoms with Crippen LogP contribution in [0.15, 0.2) is 6.20 Å². The van der Waals surface area contributed by atoms with E-state index in [0.717, 1.165) is 5.56 Å². The zero-order chi connectivity index (χ0) is 13.9. The number of carboxylic acids is 1. The summed E-state index contributed by atoms with van der Waals surface area (Å²) in [4.78, 5) is 23.1. The number of carbonyl (C=O) groups is 2. The lowest BCUT2D eigenvalue weighted by atomic mass is 9.76. The molecule has 0 fully saturated rings. The van der Waals surface area contributed by atoms with Gasteiger partial charge in [-0.25, -0.2) is 0 Å². The van der Waals surface area contributed by atoms with Gasteiger partial charge >= 0.3 is 5.97 Å². The van der Waals surface area contributed by atoms with Gasteiger partial charge in [-0.3, -0.25) is 14.7 Å². The number of nitrogens with zero attached hydrogens (tertiary/aromatic N) is 1. The monoisotopic (exact) mass is 253 g/mol. The van der Waals surface area contributed by atoms with Gasteiger partial charge in [0, 0.05) is 12.0 Å². The minimum atomic E-state index is -1.07. The molecule has 1 atom stereocenters. The van der Waals surface area contributed by atoms with E-state index in [2.05, 4.69) is 15.5 Å². The number of nitrogens with one attached hydrogen (secondary N) is 2. The van der Waals surface area contributed by atoms with Gasteiger partial charge in [0.05, 0.1) is 11.6 Å². The van der Waals surface area contributed by atoms with Crippen LogP contribution in [-0.4, -0.2) is 27.2 Å². The van der Waals surface area contributed by atoms with Crippen molar-refractivity contribution >= 4 is 17.7 Å². The maximum absolute atomic E-state index is 11.9. The number of amides is 1. The van der Waals surface area contributed by atoms with Gasteiger partial charge in [0.2, 0.25) is 5.91 Å². The van der Waals surface area contributed by atoms with Crippen molar-refractivity contribution in [2.45, 2.75) is 34.1 Å². The highest BCUT2D eigenvalue weighted by atomic mass is 16.4. The van der Waals surface area contributed by atoms with Crippen molar-refractivity contribution in [3.05, 3.63) is 11.8 Å². The number of aromatic nitrogens is 2. The predicted octanol–water partition coefficient (Wildman–Crippen LogP) is 1.79. The molecule has 1 unspecified atom stereocenters.